The number of hydrogen-bond donors (Lipinski definition) is 1. The van der Waals surface area contributed by atoms with E-state index >= 15 is 0 Å². The van der Waals surface area contributed by atoms with E-state index < -0.39 is 11.4 Å². The van der Waals surface area contributed by atoms with Crippen molar-refractivity contribution in [1.82, 2.24) is 4.90 Å². The molecular weight excluding hydrogens is 226 g/mol. The Morgan fingerprint density at radius 3 is 2.56 bits per heavy atom. The minimum absolute atomic E-state index is 0.327. The van der Waals surface area contributed by atoms with Crippen LogP contribution in [0, 0.1) is 10.8 Å². The first kappa shape index (κ1) is 15.5. The Bertz CT molecular complexity index is 279. The van der Waals surface area contributed by atoms with E-state index in [9.17, 15) is 9.90 Å². The molecule has 1 N–H and O–H groups in total. The molecule has 3 heteroatoms. The fraction of sp³-hybridized carbons (Fsp3) is 0.933. The first-order chi connectivity index (χ1) is 8.29. The first-order valence-corrected chi connectivity index (χ1v) is 7.25. The molecule has 0 aromatic rings. The van der Waals surface area contributed by atoms with E-state index in [0.29, 0.717) is 5.41 Å². The number of likely N-dealkylation sites (tertiary alicyclic amines) is 1. The molecule has 0 amide bonds. The summed E-state index contributed by atoms with van der Waals surface area (Å²) in [5.74, 6) is -0.593. The van der Waals surface area contributed by atoms with Crippen molar-refractivity contribution in [2.45, 2.75) is 59.8 Å². The van der Waals surface area contributed by atoms with Gasteiger partial charge in [-0.2, -0.15) is 0 Å². The first-order valence-electron chi connectivity index (χ1n) is 7.25. The van der Waals surface area contributed by atoms with Crippen LogP contribution in [0.15, 0.2) is 0 Å². The van der Waals surface area contributed by atoms with Gasteiger partial charge >= 0.3 is 5.97 Å². The summed E-state index contributed by atoms with van der Waals surface area (Å²) in [5.41, 5.74) is -0.154. The number of rotatable bonds is 5. The van der Waals surface area contributed by atoms with E-state index in [4.69, 9.17) is 0 Å². The monoisotopic (exact) mass is 255 g/mol. The lowest BCUT2D eigenvalue weighted by molar-refractivity contribution is -0.153. The fourth-order valence-electron chi connectivity index (χ4n) is 2.88. The van der Waals surface area contributed by atoms with Crippen molar-refractivity contribution < 1.29 is 9.90 Å². The van der Waals surface area contributed by atoms with E-state index in [2.05, 4.69) is 32.6 Å². The Kier molecular flexibility index (Phi) is 5.20. The molecule has 1 aliphatic heterocycles. The van der Waals surface area contributed by atoms with Crippen LogP contribution in [0.4, 0.5) is 0 Å². The van der Waals surface area contributed by atoms with Gasteiger partial charge in [0.1, 0.15) is 0 Å². The maximum atomic E-state index is 11.6. The molecule has 1 fully saturated rings. The van der Waals surface area contributed by atoms with Gasteiger partial charge in [-0.05, 0) is 44.2 Å². The predicted molar refractivity (Wildman–Crippen MR) is 74.7 cm³/mol. The second kappa shape index (κ2) is 6.05. The second-order valence-electron chi connectivity index (χ2n) is 7.03. The molecule has 1 atom stereocenters. The van der Waals surface area contributed by atoms with Crippen LogP contribution in [0.3, 0.4) is 0 Å². The van der Waals surface area contributed by atoms with Gasteiger partial charge in [0.15, 0.2) is 0 Å². The molecule has 0 aromatic heterocycles. The summed E-state index contributed by atoms with van der Waals surface area (Å²) in [6.45, 7) is 11.6. The van der Waals surface area contributed by atoms with Gasteiger partial charge in [-0.25, -0.2) is 0 Å². The van der Waals surface area contributed by atoms with E-state index in [1.807, 2.05) is 0 Å². The molecule has 18 heavy (non-hydrogen) atoms. The highest BCUT2D eigenvalue weighted by atomic mass is 16.4. The van der Waals surface area contributed by atoms with Crippen LogP contribution in [-0.4, -0.2) is 35.6 Å². The average molecular weight is 255 g/mol. The molecule has 1 aliphatic rings. The van der Waals surface area contributed by atoms with Crippen LogP contribution >= 0.6 is 0 Å². The zero-order valence-electron chi connectivity index (χ0n) is 12.5. The lowest BCUT2D eigenvalue weighted by atomic mass is 9.76. The molecule has 0 bridgehead atoms. The van der Waals surface area contributed by atoms with Crippen molar-refractivity contribution in [3.05, 3.63) is 0 Å². The summed E-state index contributed by atoms with van der Waals surface area (Å²) in [6.07, 6.45) is 4.78. The molecule has 0 aromatic carbocycles. The van der Waals surface area contributed by atoms with E-state index in [-0.39, 0.29) is 0 Å². The topological polar surface area (TPSA) is 40.5 Å². The molecule has 1 heterocycles. The number of carboxylic acids is 1. The van der Waals surface area contributed by atoms with E-state index in [0.717, 1.165) is 51.7 Å². The number of carboxylic acid groups (broad SMARTS) is 1. The van der Waals surface area contributed by atoms with Crippen LogP contribution < -0.4 is 0 Å². The van der Waals surface area contributed by atoms with E-state index in [1.165, 1.54) is 0 Å². The Hall–Kier alpha value is -0.570. The molecule has 0 radical (unpaired) electrons. The number of carbonyl (C=O) groups is 1. The third kappa shape index (κ3) is 4.27. The molecule has 1 saturated heterocycles. The van der Waals surface area contributed by atoms with Crippen molar-refractivity contribution in [2.24, 2.45) is 10.8 Å². The highest BCUT2D eigenvalue weighted by molar-refractivity contribution is 5.75. The quantitative estimate of drug-likeness (QED) is 0.818. The minimum atomic E-state index is -0.593. The number of hydrogen-bond acceptors (Lipinski definition) is 2. The second-order valence-corrected chi connectivity index (χ2v) is 7.03. The van der Waals surface area contributed by atoms with Gasteiger partial charge in [0.05, 0.1) is 5.41 Å². The van der Waals surface area contributed by atoms with Crippen LogP contribution in [0.25, 0.3) is 0 Å². The maximum absolute atomic E-state index is 11.6. The van der Waals surface area contributed by atoms with Gasteiger partial charge in [0.25, 0.3) is 0 Å². The largest absolute Gasteiger partial charge is 0.481 e. The van der Waals surface area contributed by atoms with Gasteiger partial charge in [-0.3, -0.25) is 4.79 Å². The van der Waals surface area contributed by atoms with Crippen LogP contribution in [-0.2, 0) is 4.79 Å². The van der Waals surface area contributed by atoms with Crippen LogP contribution in [0.5, 0.6) is 0 Å². The van der Waals surface area contributed by atoms with Crippen molar-refractivity contribution in [3.63, 3.8) is 0 Å². The standard InChI is InChI=1S/C15H29NO2/c1-5-7-15(13(17)18)8-6-10-16(12-15)11-9-14(2,3)4/h5-12H2,1-4H3,(H,17,18). The van der Waals surface area contributed by atoms with Crippen molar-refractivity contribution >= 4 is 5.97 Å². The third-order valence-corrected chi connectivity index (χ3v) is 4.02. The molecule has 1 unspecified atom stereocenters. The maximum Gasteiger partial charge on any atom is 0.310 e. The minimum Gasteiger partial charge on any atom is -0.481 e. The molecular formula is C15H29NO2. The summed E-state index contributed by atoms with van der Waals surface area (Å²) in [5, 5.41) is 9.54. The Labute approximate surface area is 112 Å². The van der Waals surface area contributed by atoms with Gasteiger partial charge < -0.3 is 10.0 Å². The molecule has 106 valence electrons. The fourth-order valence-corrected chi connectivity index (χ4v) is 2.88. The number of nitrogens with zero attached hydrogens (tertiary/aromatic N) is 1. The zero-order chi connectivity index (χ0) is 13.8. The third-order valence-electron chi connectivity index (χ3n) is 4.02. The summed E-state index contributed by atoms with van der Waals surface area (Å²) >= 11 is 0. The van der Waals surface area contributed by atoms with E-state index in [1.54, 1.807) is 0 Å². The molecule has 0 spiro atoms. The van der Waals surface area contributed by atoms with Crippen molar-refractivity contribution in [1.29, 1.82) is 0 Å². The van der Waals surface area contributed by atoms with Gasteiger partial charge in [-0.1, -0.05) is 34.1 Å². The smallest absolute Gasteiger partial charge is 0.310 e. The highest BCUT2D eigenvalue weighted by Gasteiger charge is 2.41. The normalized spacial score (nSPS) is 26.2. The SMILES string of the molecule is CCCC1(C(=O)O)CCCN(CCC(C)(C)C)C1. The summed E-state index contributed by atoms with van der Waals surface area (Å²) in [6, 6.07) is 0. The van der Waals surface area contributed by atoms with Crippen molar-refractivity contribution in [3.8, 4) is 0 Å². The lowest BCUT2D eigenvalue weighted by Gasteiger charge is -2.40. The zero-order valence-corrected chi connectivity index (χ0v) is 12.5. The Balaban J connectivity index is 2.61. The molecule has 3 nitrogen and oxygen atoms in total. The summed E-state index contributed by atoms with van der Waals surface area (Å²) in [4.78, 5) is 13.9. The molecule has 1 rings (SSSR count). The van der Waals surface area contributed by atoms with Gasteiger partial charge in [0, 0.05) is 6.54 Å². The average Bonchev–Trinajstić information content (AvgIpc) is 2.26. The van der Waals surface area contributed by atoms with Crippen LogP contribution in [0.1, 0.15) is 59.8 Å². The molecule has 0 aliphatic carbocycles. The lowest BCUT2D eigenvalue weighted by Crippen LogP contribution is -2.48. The van der Waals surface area contributed by atoms with Crippen LogP contribution in [0.2, 0.25) is 0 Å². The summed E-state index contributed by atoms with van der Waals surface area (Å²) in [7, 11) is 0. The Morgan fingerprint density at radius 2 is 2.06 bits per heavy atom. The number of piperidine rings is 1. The van der Waals surface area contributed by atoms with Gasteiger partial charge in [-0.15, -0.1) is 0 Å². The number of aliphatic carboxylic acids is 1. The molecule has 0 saturated carbocycles. The Morgan fingerprint density at radius 1 is 1.39 bits per heavy atom. The van der Waals surface area contributed by atoms with Gasteiger partial charge in [0.2, 0.25) is 0 Å². The van der Waals surface area contributed by atoms with Crippen molar-refractivity contribution in [2.75, 3.05) is 19.6 Å². The predicted octanol–water partition coefficient (Wildman–Crippen LogP) is 3.39. The summed E-state index contributed by atoms with van der Waals surface area (Å²) < 4.78 is 0. The highest BCUT2D eigenvalue weighted by Crippen LogP contribution is 2.35.